The van der Waals surface area contributed by atoms with E-state index in [0.717, 1.165) is 28.8 Å². The molecule has 0 aliphatic heterocycles. The van der Waals surface area contributed by atoms with Gasteiger partial charge in [-0.2, -0.15) is 0 Å². The van der Waals surface area contributed by atoms with E-state index in [-0.39, 0.29) is 28.4 Å². The van der Waals surface area contributed by atoms with Gasteiger partial charge in [0.2, 0.25) is 0 Å². The third-order valence-electron chi connectivity index (χ3n) is 3.05. The van der Waals surface area contributed by atoms with Crippen LogP contribution in [-0.2, 0) is 5.88 Å². The fourth-order valence-corrected chi connectivity index (χ4v) is 2.34. The molecule has 3 aromatic rings. The fraction of sp³-hybridized carbons (Fsp3) is 0.0714. The molecule has 0 radical (unpaired) electrons. The van der Waals surface area contributed by atoms with Crippen LogP contribution in [0.1, 0.15) is 5.82 Å². The molecule has 0 unspecified atom stereocenters. The molecule has 21 heavy (non-hydrogen) atoms. The van der Waals surface area contributed by atoms with Gasteiger partial charge in [0.05, 0.1) is 17.1 Å². The second-order valence-corrected chi connectivity index (χ2v) is 4.59. The van der Waals surface area contributed by atoms with E-state index in [1.165, 1.54) is 6.07 Å². The van der Waals surface area contributed by atoms with Gasteiger partial charge in [0.1, 0.15) is 23.0 Å². The average Bonchev–Trinajstić information content (AvgIpc) is 2.84. The molecule has 0 amide bonds. The van der Waals surface area contributed by atoms with Crippen molar-refractivity contribution in [3.05, 3.63) is 59.4 Å². The van der Waals surface area contributed by atoms with Crippen LogP contribution in [0.3, 0.4) is 0 Å². The summed E-state index contributed by atoms with van der Waals surface area (Å²) in [5.41, 5.74) is -0.457. The molecule has 2 nitrogen and oxygen atoms in total. The van der Waals surface area contributed by atoms with Crippen LogP contribution in [0.5, 0.6) is 0 Å². The van der Waals surface area contributed by atoms with Crippen molar-refractivity contribution < 1.29 is 17.6 Å². The Labute approximate surface area is 121 Å². The molecule has 3 rings (SSSR count). The third-order valence-corrected chi connectivity index (χ3v) is 3.29. The van der Waals surface area contributed by atoms with Gasteiger partial charge < -0.3 is 0 Å². The van der Waals surface area contributed by atoms with Gasteiger partial charge in [-0.1, -0.05) is 0 Å². The van der Waals surface area contributed by atoms with Crippen molar-refractivity contribution in [2.24, 2.45) is 0 Å². The van der Waals surface area contributed by atoms with E-state index >= 15 is 0 Å². The van der Waals surface area contributed by atoms with Crippen LogP contribution >= 0.6 is 11.6 Å². The molecule has 0 N–H and O–H groups in total. The van der Waals surface area contributed by atoms with Crippen molar-refractivity contribution in [2.75, 3.05) is 0 Å². The number of imidazole rings is 1. The maximum absolute atomic E-state index is 14.0. The first-order chi connectivity index (χ1) is 10.0. The van der Waals surface area contributed by atoms with Gasteiger partial charge in [-0.25, -0.2) is 22.5 Å². The smallest absolute Gasteiger partial charge is 0.185 e. The summed E-state index contributed by atoms with van der Waals surface area (Å²) in [7, 11) is 0. The van der Waals surface area contributed by atoms with Crippen LogP contribution < -0.4 is 0 Å². The Bertz CT molecular complexity index is 845. The first-order valence-electron chi connectivity index (χ1n) is 5.89. The molecule has 0 saturated heterocycles. The Morgan fingerprint density at radius 2 is 1.71 bits per heavy atom. The summed E-state index contributed by atoms with van der Waals surface area (Å²) in [6, 6.07) is 4.85. The average molecular weight is 315 g/mol. The summed E-state index contributed by atoms with van der Waals surface area (Å²) in [5, 5.41) is 0. The van der Waals surface area contributed by atoms with Crippen LogP contribution in [0.25, 0.3) is 16.7 Å². The van der Waals surface area contributed by atoms with Crippen LogP contribution in [0.4, 0.5) is 17.6 Å². The number of fused-ring (bicyclic) bond motifs is 1. The number of hydrogen-bond acceptors (Lipinski definition) is 1. The largest absolute Gasteiger partial charge is 0.289 e. The summed E-state index contributed by atoms with van der Waals surface area (Å²) >= 11 is 5.72. The molecule has 0 spiro atoms. The highest BCUT2D eigenvalue weighted by atomic mass is 35.5. The Morgan fingerprint density at radius 3 is 2.43 bits per heavy atom. The zero-order valence-electron chi connectivity index (χ0n) is 10.4. The number of aromatic nitrogens is 2. The summed E-state index contributed by atoms with van der Waals surface area (Å²) in [6.45, 7) is 0. The fourth-order valence-electron chi connectivity index (χ4n) is 2.16. The van der Waals surface area contributed by atoms with E-state index in [0.29, 0.717) is 0 Å². The lowest BCUT2D eigenvalue weighted by Crippen LogP contribution is -2.04. The van der Waals surface area contributed by atoms with Crippen molar-refractivity contribution in [1.82, 2.24) is 9.55 Å². The molecule has 0 saturated carbocycles. The van der Waals surface area contributed by atoms with Gasteiger partial charge in [0.15, 0.2) is 11.6 Å². The second kappa shape index (κ2) is 5.04. The molecule has 2 aromatic carbocycles. The van der Waals surface area contributed by atoms with E-state index in [2.05, 4.69) is 4.98 Å². The number of halogens is 5. The van der Waals surface area contributed by atoms with E-state index in [9.17, 15) is 17.6 Å². The monoisotopic (exact) mass is 314 g/mol. The minimum Gasteiger partial charge on any atom is -0.289 e. The number of rotatable bonds is 2. The standard InChI is InChI=1S/C14H7ClF4N2/c15-6-12-20-10-4-3-9(18)13(19)14(10)21(12)11-5-7(16)1-2-8(11)17/h1-5H,6H2. The second-order valence-electron chi connectivity index (χ2n) is 4.32. The van der Waals surface area contributed by atoms with Crippen LogP contribution in [0.15, 0.2) is 30.3 Å². The molecule has 108 valence electrons. The Hall–Kier alpha value is -2.08. The van der Waals surface area contributed by atoms with Crippen molar-refractivity contribution in [3.63, 3.8) is 0 Å². The number of nitrogens with zero attached hydrogens (tertiary/aromatic N) is 2. The van der Waals surface area contributed by atoms with Crippen LogP contribution in [-0.4, -0.2) is 9.55 Å². The predicted octanol–water partition coefficient (Wildman–Crippen LogP) is 4.32. The van der Waals surface area contributed by atoms with Crippen LogP contribution in [0.2, 0.25) is 0 Å². The molecule has 7 heteroatoms. The predicted molar refractivity (Wildman–Crippen MR) is 70.5 cm³/mol. The highest BCUT2D eigenvalue weighted by Crippen LogP contribution is 2.28. The van der Waals surface area contributed by atoms with Gasteiger partial charge in [0.25, 0.3) is 0 Å². The van der Waals surface area contributed by atoms with Crippen molar-refractivity contribution >= 4 is 22.6 Å². The highest BCUT2D eigenvalue weighted by molar-refractivity contribution is 6.17. The molecule has 0 bridgehead atoms. The lowest BCUT2D eigenvalue weighted by atomic mass is 10.2. The van der Waals surface area contributed by atoms with Gasteiger partial charge in [0, 0.05) is 6.07 Å². The summed E-state index contributed by atoms with van der Waals surface area (Å²) in [5.74, 6) is -3.91. The van der Waals surface area contributed by atoms with Crippen molar-refractivity contribution in [1.29, 1.82) is 0 Å². The van der Waals surface area contributed by atoms with E-state index in [1.807, 2.05) is 0 Å². The highest BCUT2D eigenvalue weighted by Gasteiger charge is 2.20. The number of benzene rings is 2. The van der Waals surface area contributed by atoms with Gasteiger partial charge in [-0.15, -0.1) is 11.6 Å². The maximum Gasteiger partial charge on any atom is 0.185 e. The molecule has 1 heterocycles. The molecule has 0 aliphatic rings. The van der Waals surface area contributed by atoms with Crippen LogP contribution in [0, 0.1) is 23.3 Å². The minimum absolute atomic E-state index is 0.0840. The Morgan fingerprint density at radius 1 is 1.00 bits per heavy atom. The Balaban J connectivity index is 2.45. The first kappa shape index (κ1) is 13.9. The minimum atomic E-state index is -1.19. The van der Waals surface area contributed by atoms with E-state index < -0.39 is 23.3 Å². The van der Waals surface area contributed by atoms with Gasteiger partial charge in [-0.05, 0) is 24.3 Å². The molecule has 1 aromatic heterocycles. The van der Waals surface area contributed by atoms with Gasteiger partial charge >= 0.3 is 0 Å². The Kier molecular flexibility index (Phi) is 3.33. The summed E-state index contributed by atoms with van der Waals surface area (Å²) in [4.78, 5) is 4.02. The molecular formula is C14H7ClF4N2. The molecule has 0 aliphatic carbocycles. The van der Waals surface area contributed by atoms with Crippen molar-refractivity contribution in [3.8, 4) is 5.69 Å². The zero-order valence-corrected chi connectivity index (χ0v) is 11.1. The first-order valence-corrected chi connectivity index (χ1v) is 6.43. The van der Waals surface area contributed by atoms with Gasteiger partial charge in [-0.3, -0.25) is 4.57 Å². The summed E-state index contributed by atoms with van der Waals surface area (Å²) < 4.78 is 55.7. The zero-order chi connectivity index (χ0) is 15.1. The normalized spacial score (nSPS) is 11.3. The molecular weight excluding hydrogens is 308 g/mol. The number of alkyl halides is 1. The SMILES string of the molecule is Fc1ccc(F)c(-n2c(CCl)nc3ccc(F)c(F)c32)c1. The lowest BCUT2D eigenvalue weighted by Gasteiger charge is -2.09. The molecule has 0 fully saturated rings. The van der Waals surface area contributed by atoms with E-state index in [1.54, 1.807) is 0 Å². The quantitative estimate of drug-likeness (QED) is 0.509. The number of hydrogen-bond donors (Lipinski definition) is 0. The lowest BCUT2D eigenvalue weighted by molar-refractivity contribution is 0.513. The topological polar surface area (TPSA) is 17.8 Å². The maximum atomic E-state index is 14.0. The van der Waals surface area contributed by atoms with Crippen molar-refractivity contribution in [2.45, 2.75) is 5.88 Å². The third kappa shape index (κ3) is 2.15. The summed E-state index contributed by atoms with van der Waals surface area (Å²) in [6.07, 6.45) is 0. The van der Waals surface area contributed by atoms with E-state index in [4.69, 9.17) is 11.6 Å². The molecule has 0 atom stereocenters.